The summed E-state index contributed by atoms with van der Waals surface area (Å²) in [7, 11) is 0.422. The monoisotopic (exact) mass is 536 g/mol. The Bertz CT molecular complexity index is 1140. The first-order chi connectivity index (χ1) is 18.7. The number of Topliss-reactive ketones (excluding diaryl/α,β-unsaturated/α-hetero) is 1. The van der Waals surface area contributed by atoms with E-state index in [1.165, 1.54) is 18.6 Å². The standard InChI is InChI=1S/C27H33BN4O7/c1-17(2)11-19(28-38-26(35)22-15-37-16-23(32(22)3)27(36)39-28)13-24(33)20(12-18-7-5-4-6-8-18)31-25(34)21-14-29-9-10-30-21/h4-10,14,17,19-20,22-23H,11-13,15-16H2,1-3H3,(H,31,34)/t19-,20+,22-,23+/m1/s1. The highest BCUT2D eigenvalue weighted by atomic mass is 16.6. The van der Waals surface area contributed by atoms with Crippen LogP contribution in [0.4, 0.5) is 0 Å². The highest BCUT2D eigenvalue weighted by Gasteiger charge is 2.48. The smallest absolute Gasteiger partial charge is 0.498 e. The molecule has 3 heterocycles. The number of fused-ring (bicyclic) bond motifs is 2. The number of carbonyl (C=O) groups excluding carboxylic acids is 4. The molecular weight excluding hydrogens is 503 g/mol. The number of amides is 1. The van der Waals surface area contributed by atoms with Crippen LogP contribution >= 0.6 is 0 Å². The van der Waals surface area contributed by atoms with E-state index in [1.807, 2.05) is 44.2 Å². The summed E-state index contributed by atoms with van der Waals surface area (Å²) in [4.78, 5) is 62.2. The Labute approximate surface area is 227 Å². The lowest BCUT2D eigenvalue weighted by atomic mass is 9.64. The minimum atomic E-state index is -1.23. The second-order valence-corrected chi connectivity index (χ2v) is 10.3. The third kappa shape index (κ3) is 7.27. The second kappa shape index (κ2) is 12.9. The van der Waals surface area contributed by atoms with Crippen LogP contribution in [0.15, 0.2) is 48.9 Å². The molecule has 2 aromatic rings. The predicted octanol–water partition coefficient (Wildman–Crippen LogP) is 1.48. The second-order valence-electron chi connectivity index (χ2n) is 10.3. The van der Waals surface area contributed by atoms with Crippen LogP contribution in [0, 0.1) is 5.92 Å². The van der Waals surface area contributed by atoms with Gasteiger partial charge in [-0.2, -0.15) is 0 Å². The Morgan fingerprint density at radius 3 is 2.33 bits per heavy atom. The third-order valence-corrected chi connectivity index (χ3v) is 6.94. The molecule has 12 heteroatoms. The van der Waals surface area contributed by atoms with Crippen molar-refractivity contribution < 1.29 is 33.2 Å². The summed E-state index contributed by atoms with van der Waals surface area (Å²) in [5.41, 5.74) is 0.943. The Morgan fingerprint density at radius 2 is 1.74 bits per heavy atom. The van der Waals surface area contributed by atoms with Gasteiger partial charge in [0.05, 0.1) is 25.5 Å². The van der Waals surface area contributed by atoms with Crippen molar-refractivity contribution in [2.75, 3.05) is 20.3 Å². The number of aromatic nitrogens is 2. The van der Waals surface area contributed by atoms with Crippen molar-refractivity contribution >= 4 is 30.7 Å². The van der Waals surface area contributed by atoms with Gasteiger partial charge in [0.1, 0.15) is 17.8 Å². The molecule has 39 heavy (non-hydrogen) atoms. The van der Waals surface area contributed by atoms with Gasteiger partial charge in [-0.25, -0.2) is 4.98 Å². The van der Waals surface area contributed by atoms with E-state index in [-0.39, 0.29) is 43.5 Å². The van der Waals surface area contributed by atoms with Crippen molar-refractivity contribution in [2.45, 2.75) is 57.1 Å². The molecule has 2 aliphatic heterocycles. The van der Waals surface area contributed by atoms with Gasteiger partial charge in [0.15, 0.2) is 5.78 Å². The van der Waals surface area contributed by atoms with E-state index in [9.17, 15) is 19.2 Å². The fraction of sp³-hybridized carbons (Fsp3) is 0.481. The number of nitrogens with one attached hydrogen (secondary N) is 1. The highest BCUT2D eigenvalue weighted by molar-refractivity contribution is 6.51. The van der Waals surface area contributed by atoms with E-state index < -0.39 is 48.9 Å². The van der Waals surface area contributed by atoms with Gasteiger partial charge in [-0.15, -0.1) is 0 Å². The van der Waals surface area contributed by atoms with Gasteiger partial charge in [-0.3, -0.25) is 29.1 Å². The predicted molar refractivity (Wildman–Crippen MR) is 140 cm³/mol. The van der Waals surface area contributed by atoms with Gasteiger partial charge >= 0.3 is 19.1 Å². The first-order valence-corrected chi connectivity index (χ1v) is 13.1. The number of hydrogen-bond acceptors (Lipinski definition) is 10. The number of benzene rings is 1. The van der Waals surface area contributed by atoms with Crippen LogP contribution in [0.25, 0.3) is 0 Å². The van der Waals surface area contributed by atoms with Crippen molar-refractivity contribution in [1.82, 2.24) is 20.2 Å². The van der Waals surface area contributed by atoms with Crippen molar-refractivity contribution in [3.05, 3.63) is 60.2 Å². The third-order valence-electron chi connectivity index (χ3n) is 6.94. The van der Waals surface area contributed by atoms with E-state index in [1.54, 1.807) is 11.9 Å². The van der Waals surface area contributed by atoms with E-state index in [0.717, 1.165) is 5.56 Å². The maximum atomic E-state index is 13.8. The highest BCUT2D eigenvalue weighted by Crippen LogP contribution is 2.30. The zero-order chi connectivity index (χ0) is 27.9. The normalized spacial score (nSPS) is 21.3. The Balaban J connectivity index is 1.56. The Morgan fingerprint density at radius 1 is 1.08 bits per heavy atom. The minimum Gasteiger partial charge on any atom is -0.498 e. The molecule has 1 aromatic carbocycles. The topological polar surface area (TPSA) is 137 Å². The summed E-state index contributed by atoms with van der Waals surface area (Å²) in [6.07, 6.45) is 4.80. The van der Waals surface area contributed by atoms with Crippen LogP contribution in [-0.2, 0) is 34.9 Å². The van der Waals surface area contributed by atoms with Crippen LogP contribution in [0.5, 0.6) is 0 Å². The van der Waals surface area contributed by atoms with E-state index in [0.29, 0.717) is 6.42 Å². The maximum Gasteiger partial charge on any atom is 0.602 e. The lowest BCUT2D eigenvalue weighted by molar-refractivity contribution is -0.166. The van der Waals surface area contributed by atoms with Gasteiger partial charge in [-0.05, 0) is 31.4 Å². The molecule has 2 saturated heterocycles. The molecule has 1 N–H and O–H groups in total. The molecule has 2 aliphatic rings. The van der Waals surface area contributed by atoms with Crippen LogP contribution in [0.2, 0.25) is 5.82 Å². The molecule has 206 valence electrons. The number of ketones is 1. The zero-order valence-electron chi connectivity index (χ0n) is 22.3. The fourth-order valence-electron chi connectivity index (χ4n) is 4.86. The number of nitrogens with zero attached hydrogens (tertiary/aromatic N) is 3. The van der Waals surface area contributed by atoms with Crippen molar-refractivity contribution in [3.8, 4) is 0 Å². The molecular formula is C27H33BN4O7. The molecule has 0 aliphatic carbocycles. The van der Waals surface area contributed by atoms with Crippen molar-refractivity contribution in [1.29, 1.82) is 0 Å². The lowest BCUT2D eigenvalue weighted by Gasteiger charge is -2.40. The Hall–Kier alpha value is -3.64. The summed E-state index contributed by atoms with van der Waals surface area (Å²) < 4.78 is 16.8. The summed E-state index contributed by atoms with van der Waals surface area (Å²) in [5.74, 6) is -2.45. The number of carbonyl (C=O) groups is 4. The quantitative estimate of drug-likeness (QED) is 0.445. The van der Waals surface area contributed by atoms with Crippen LogP contribution < -0.4 is 5.32 Å². The number of hydrogen-bond donors (Lipinski definition) is 1. The van der Waals surface area contributed by atoms with Crippen LogP contribution in [0.1, 0.15) is 42.7 Å². The zero-order valence-corrected chi connectivity index (χ0v) is 22.3. The number of likely N-dealkylation sites (N-methyl/N-ethyl adjacent to an activating group) is 1. The molecule has 1 amide bonds. The van der Waals surface area contributed by atoms with Gasteiger partial charge < -0.3 is 19.4 Å². The molecule has 4 atom stereocenters. The number of rotatable bonds is 10. The Kier molecular flexibility index (Phi) is 9.42. The van der Waals surface area contributed by atoms with E-state index >= 15 is 0 Å². The molecule has 11 nitrogen and oxygen atoms in total. The summed E-state index contributed by atoms with van der Waals surface area (Å²) in [5, 5.41) is 2.79. The minimum absolute atomic E-state index is 0.0800. The molecule has 0 spiro atoms. The maximum absolute atomic E-state index is 13.8. The molecule has 2 bridgehead atoms. The molecule has 1 aromatic heterocycles. The van der Waals surface area contributed by atoms with Crippen molar-refractivity contribution in [2.24, 2.45) is 5.92 Å². The first kappa shape index (κ1) is 28.4. The first-order valence-electron chi connectivity index (χ1n) is 13.1. The van der Waals surface area contributed by atoms with Crippen molar-refractivity contribution in [3.63, 3.8) is 0 Å². The average molecular weight is 536 g/mol. The van der Waals surface area contributed by atoms with E-state index in [4.69, 9.17) is 14.0 Å². The van der Waals surface area contributed by atoms with Gasteiger partial charge in [-0.1, -0.05) is 44.2 Å². The SMILES string of the molecule is CC(C)C[C@H](CC(=O)[C@H](Cc1ccccc1)NC(=O)c1cnccn1)B1OC(=O)[C@H]2COC[C@@H](C(=O)O1)N2C. The molecule has 0 saturated carbocycles. The molecule has 0 unspecified atom stereocenters. The van der Waals surface area contributed by atoms with Gasteiger partial charge in [0, 0.05) is 24.6 Å². The lowest BCUT2D eigenvalue weighted by Crippen LogP contribution is -2.61. The van der Waals surface area contributed by atoms with Crippen LogP contribution in [0.3, 0.4) is 0 Å². The largest absolute Gasteiger partial charge is 0.602 e. The van der Waals surface area contributed by atoms with Crippen LogP contribution in [-0.4, -0.2) is 84.0 Å². The molecule has 2 fully saturated rings. The molecule has 0 radical (unpaired) electrons. The van der Waals surface area contributed by atoms with E-state index in [2.05, 4.69) is 15.3 Å². The summed E-state index contributed by atoms with van der Waals surface area (Å²) >= 11 is 0. The number of ether oxygens (including phenoxy) is 1. The summed E-state index contributed by atoms with van der Waals surface area (Å²) in [6, 6.07) is 6.94. The van der Waals surface area contributed by atoms with Gasteiger partial charge in [0.25, 0.3) is 5.91 Å². The number of morpholine rings is 1. The fourth-order valence-corrected chi connectivity index (χ4v) is 4.86. The van der Waals surface area contributed by atoms with Gasteiger partial charge in [0.2, 0.25) is 0 Å². The molecule has 4 rings (SSSR count). The average Bonchev–Trinajstić information content (AvgIpc) is 2.92. The summed E-state index contributed by atoms with van der Waals surface area (Å²) in [6.45, 7) is 4.15.